The highest BCUT2D eigenvalue weighted by Gasteiger charge is 2.28. The number of anilines is 2. The van der Waals surface area contributed by atoms with Gasteiger partial charge in [0.15, 0.2) is 0 Å². The van der Waals surface area contributed by atoms with E-state index in [9.17, 15) is 0 Å². The van der Waals surface area contributed by atoms with E-state index in [0.717, 1.165) is 17.8 Å². The van der Waals surface area contributed by atoms with Crippen molar-refractivity contribution in [2.45, 2.75) is 70.6 Å². The van der Waals surface area contributed by atoms with Crippen molar-refractivity contribution in [3.8, 4) is 0 Å². The third-order valence-corrected chi connectivity index (χ3v) is 5.38. The van der Waals surface area contributed by atoms with Gasteiger partial charge in [-0.15, -0.1) is 0 Å². The fourth-order valence-electron chi connectivity index (χ4n) is 3.59. The quantitative estimate of drug-likeness (QED) is 0.394. The van der Waals surface area contributed by atoms with Crippen LogP contribution in [0.1, 0.15) is 76.3 Å². The Morgan fingerprint density at radius 2 is 1.04 bits per heavy atom. The zero-order valence-corrected chi connectivity index (χ0v) is 15.9. The Morgan fingerprint density at radius 3 is 1.48 bits per heavy atom. The lowest BCUT2D eigenvalue weighted by atomic mass is 9.72. The molecule has 136 valence electrons. The van der Waals surface area contributed by atoms with Crippen molar-refractivity contribution < 1.29 is 0 Å². The lowest BCUT2D eigenvalue weighted by Crippen LogP contribution is -2.23. The summed E-state index contributed by atoms with van der Waals surface area (Å²) < 4.78 is 0. The molecular formula is C23H34N2. The molecule has 0 spiro atoms. The summed E-state index contributed by atoms with van der Waals surface area (Å²) >= 11 is 0. The highest BCUT2D eigenvalue weighted by molar-refractivity contribution is 5.48. The fraction of sp³-hybridized carbons (Fsp3) is 0.478. The van der Waals surface area contributed by atoms with Gasteiger partial charge in [0.05, 0.1) is 0 Å². The summed E-state index contributed by atoms with van der Waals surface area (Å²) in [7, 11) is 0. The molecule has 0 aliphatic carbocycles. The van der Waals surface area contributed by atoms with Crippen molar-refractivity contribution in [3.05, 3.63) is 59.7 Å². The maximum Gasteiger partial charge on any atom is 0.0314 e. The zero-order chi connectivity index (χ0) is 18.1. The average molecular weight is 339 g/mol. The summed E-state index contributed by atoms with van der Waals surface area (Å²) in [6, 6.07) is 16.7. The Hall–Kier alpha value is -1.96. The average Bonchev–Trinajstić information content (AvgIpc) is 2.62. The molecule has 0 bridgehead atoms. The monoisotopic (exact) mass is 338 g/mol. The van der Waals surface area contributed by atoms with Crippen molar-refractivity contribution in [2.75, 3.05) is 11.5 Å². The van der Waals surface area contributed by atoms with Crippen LogP contribution in [0, 0.1) is 0 Å². The number of nitrogens with two attached hydrogens (primary N) is 2. The minimum Gasteiger partial charge on any atom is -0.399 e. The van der Waals surface area contributed by atoms with Crippen LogP contribution in [0.4, 0.5) is 11.4 Å². The topological polar surface area (TPSA) is 52.0 Å². The molecule has 2 aromatic rings. The minimum atomic E-state index is 0.00478. The van der Waals surface area contributed by atoms with Crippen molar-refractivity contribution in [3.63, 3.8) is 0 Å². The number of benzene rings is 2. The largest absolute Gasteiger partial charge is 0.399 e. The molecule has 0 saturated carbocycles. The summed E-state index contributed by atoms with van der Waals surface area (Å²) in [5.41, 5.74) is 16.1. The molecule has 0 heterocycles. The van der Waals surface area contributed by atoms with Crippen molar-refractivity contribution >= 4 is 11.4 Å². The van der Waals surface area contributed by atoms with Crippen molar-refractivity contribution in [1.82, 2.24) is 0 Å². The molecule has 4 N–H and O–H groups in total. The standard InChI is InChI=1S/C23H34N2/c1-3-4-5-6-7-8-9-18-23(2,19-10-14-21(24)15-11-19)20-12-16-22(25)17-13-20/h10-17H,3-9,18,24-25H2,1-2H3. The molecule has 0 amide bonds. The van der Waals surface area contributed by atoms with E-state index in [1.165, 1.54) is 56.1 Å². The van der Waals surface area contributed by atoms with Crippen LogP contribution in [0.5, 0.6) is 0 Å². The van der Waals surface area contributed by atoms with Gasteiger partial charge >= 0.3 is 0 Å². The smallest absolute Gasteiger partial charge is 0.0314 e. The van der Waals surface area contributed by atoms with Gasteiger partial charge in [0.2, 0.25) is 0 Å². The second-order valence-electron chi connectivity index (χ2n) is 7.45. The van der Waals surface area contributed by atoms with Gasteiger partial charge in [-0.1, -0.05) is 83.1 Å². The van der Waals surface area contributed by atoms with Gasteiger partial charge in [-0.05, 0) is 41.8 Å². The first-order chi connectivity index (χ1) is 12.1. The molecule has 2 heteroatoms. The highest BCUT2D eigenvalue weighted by atomic mass is 14.5. The second-order valence-corrected chi connectivity index (χ2v) is 7.45. The van der Waals surface area contributed by atoms with Crippen LogP contribution in [0.2, 0.25) is 0 Å². The predicted molar refractivity (Wildman–Crippen MR) is 111 cm³/mol. The fourth-order valence-corrected chi connectivity index (χ4v) is 3.59. The Balaban J connectivity index is 2.07. The van der Waals surface area contributed by atoms with E-state index in [4.69, 9.17) is 11.5 Å². The van der Waals surface area contributed by atoms with E-state index in [1.54, 1.807) is 0 Å². The normalized spacial score (nSPS) is 11.6. The van der Waals surface area contributed by atoms with E-state index in [1.807, 2.05) is 24.3 Å². The molecule has 25 heavy (non-hydrogen) atoms. The first-order valence-electron chi connectivity index (χ1n) is 9.78. The maximum atomic E-state index is 5.89. The molecule has 0 saturated heterocycles. The molecule has 2 rings (SSSR count). The Morgan fingerprint density at radius 1 is 0.640 bits per heavy atom. The van der Waals surface area contributed by atoms with E-state index in [0.29, 0.717) is 0 Å². The molecule has 2 aromatic carbocycles. The van der Waals surface area contributed by atoms with Crippen molar-refractivity contribution in [2.24, 2.45) is 0 Å². The van der Waals surface area contributed by atoms with Gasteiger partial charge in [0.25, 0.3) is 0 Å². The Labute approximate surface area is 153 Å². The molecule has 0 unspecified atom stereocenters. The number of unbranched alkanes of at least 4 members (excludes halogenated alkanes) is 6. The van der Waals surface area contributed by atoms with Gasteiger partial charge in [0.1, 0.15) is 0 Å². The van der Waals surface area contributed by atoms with Gasteiger partial charge in [-0.25, -0.2) is 0 Å². The molecule has 0 atom stereocenters. The number of hydrogen-bond acceptors (Lipinski definition) is 2. The summed E-state index contributed by atoms with van der Waals surface area (Å²) in [4.78, 5) is 0. The van der Waals surface area contributed by atoms with Crippen LogP contribution in [-0.2, 0) is 5.41 Å². The second kappa shape index (κ2) is 9.50. The Kier molecular flexibility index (Phi) is 7.36. The van der Waals surface area contributed by atoms with E-state index < -0.39 is 0 Å². The molecule has 0 aromatic heterocycles. The SMILES string of the molecule is CCCCCCCCCC(C)(c1ccc(N)cc1)c1ccc(N)cc1. The van der Waals surface area contributed by atoms with E-state index >= 15 is 0 Å². The molecule has 0 aliphatic heterocycles. The van der Waals surface area contributed by atoms with E-state index in [-0.39, 0.29) is 5.41 Å². The van der Waals surface area contributed by atoms with Crippen molar-refractivity contribution in [1.29, 1.82) is 0 Å². The molecule has 0 radical (unpaired) electrons. The predicted octanol–water partition coefficient (Wildman–Crippen LogP) is 6.30. The van der Waals surface area contributed by atoms with Gasteiger partial charge in [0, 0.05) is 16.8 Å². The minimum absolute atomic E-state index is 0.00478. The van der Waals surface area contributed by atoms with E-state index in [2.05, 4.69) is 38.1 Å². The number of hydrogen-bond donors (Lipinski definition) is 2. The lowest BCUT2D eigenvalue weighted by Gasteiger charge is -2.31. The first-order valence-corrected chi connectivity index (χ1v) is 9.78. The molecule has 0 fully saturated rings. The summed E-state index contributed by atoms with van der Waals surface area (Å²) in [5.74, 6) is 0. The van der Waals surface area contributed by atoms with Crippen LogP contribution in [0.15, 0.2) is 48.5 Å². The number of rotatable bonds is 10. The third-order valence-electron chi connectivity index (χ3n) is 5.38. The highest BCUT2D eigenvalue weighted by Crippen LogP contribution is 2.37. The van der Waals surface area contributed by atoms with Gasteiger partial charge in [-0.3, -0.25) is 0 Å². The zero-order valence-electron chi connectivity index (χ0n) is 15.9. The van der Waals surface area contributed by atoms with Gasteiger partial charge in [-0.2, -0.15) is 0 Å². The molecular weight excluding hydrogens is 304 g/mol. The summed E-state index contributed by atoms with van der Waals surface area (Å²) in [6.07, 6.45) is 10.5. The summed E-state index contributed by atoms with van der Waals surface area (Å²) in [5, 5.41) is 0. The van der Waals surface area contributed by atoms with Gasteiger partial charge < -0.3 is 11.5 Å². The molecule has 2 nitrogen and oxygen atoms in total. The maximum absolute atomic E-state index is 5.89. The van der Waals surface area contributed by atoms with Crippen LogP contribution >= 0.6 is 0 Å². The number of nitrogen functional groups attached to an aromatic ring is 2. The van der Waals surface area contributed by atoms with Crippen LogP contribution in [-0.4, -0.2) is 0 Å². The summed E-state index contributed by atoms with van der Waals surface area (Å²) in [6.45, 7) is 4.62. The van der Waals surface area contributed by atoms with Crippen LogP contribution in [0.3, 0.4) is 0 Å². The lowest BCUT2D eigenvalue weighted by molar-refractivity contribution is 0.471. The third kappa shape index (κ3) is 5.52. The molecule has 0 aliphatic rings. The van der Waals surface area contributed by atoms with Crippen LogP contribution in [0.25, 0.3) is 0 Å². The first kappa shape index (κ1) is 19.4. The Bertz CT molecular complexity index is 568. The van der Waals surface area contributed by atoms with Crippen LogP contribution < -0.4 is 11.5 Å².